The number of carbonyl (C=O) groups excluding carboxylic acids is 3. The monoisotopic (exact) mass is 604 g/mol. The van der Waals surface area contributed by atoms with E-state index < -0.39 is 23.3 Å². The van der Waals surface area contributed by atoms with Gasteiger partial charge in [-0.05, 0) is 93.3 Å². The highest BCUT2D eigenvalue weighted by Crippen LogP contribution is 2.24. The first-order chi connectivity index (χ1) is 21.1. The fourth-order valence-corrected chi connectivity index (χ4v) is 3.67. The molecule has 0 unspecified atom stereocenters. The van der Waals surface area contributed by atoms with E-state index in [4.69, 9.17) is 23.7 Å². The third-order valence-corrected chi connectivity index (χ3v) is 6.47. The zero-order chi connectivity index (χ0) is 32.0. The minimum atomic E-state index is -0.900. The molecule has 0 aliphatic heterocycles. The molecule has 0 fully saturated rings. The van der Waals surface area contributed by atoms with E-state index in [0.29, 0.717) is 60.9 Å². The van der Waals surface area contributed by atoms with Crippen molar-refractivity contribution in [2.24, 2.45) is 5.41 Å². The summed E-state index contributed by atoms with van der Waals surface area (Å²) in [5.41, 5.74) is 1.80. The standard InChI is InChI=1S/C35H40O9/c1-25(2)32(37)42-23-7-22-41-29-14-12-27(13-15-29)26-8-10-28(11-9-26)33(38)44-31-18-16-30(17-19-31)40-20-5-6-21-43-34(39)35(3,4)24-36/h8-19,36H,1,5-7,20-24H2,2-4H3. The van der Waals surface area contributed by atoms with Gasteiger partial charge in [0.1, 0.15) is 17.2 Å². The van der Waals surface area contributed by atoms with Gasteiger partial charge < -0.3 is 28.8 Å². The average molecular weight is 605 g/mol. The van der Waals surface area contributed by atoms with Crippen LogP contribution in [-0.2, 0) is 19.1 Å². The molecule has 0 atom stereocenters. The van der Waals surface area contributed by atoms with Crippen molar-refractivity contribution in [3.05, 3.63) is 90.5 Å². The van der Waals surface area contributed by atoms with E-state index in [0.717, 1.165) is 11.1 Å². The number of rotatable bonds is 17. The lowest BCUT2D eigenvalue weighted by atomic mass is 9.95. The Bertz CT molecular complexity index is 1380. The predicted octanol–water partition coefficient (Wildman–Crippen LogP) is 6.18. The number of esters is 3. The number of hydrogen-bond donors (Lipinski definition) is 1. The first-order valence-electron chi connectivity index (χ1n) is 14.5. The van der Waals surface area contributed by atoms with Crippen LogP contribution in [0.25, 0.3) is 11.1 Å². The summed E-state index contributed by atoms with van der Waals surface area (Å²) in [6.07, 6.45) is 1.90. The lowest BCUT2D eigenvalue weighted by Gasteiger charge is -2.19. The van der Waals surface area contributed by atoms with Crippen molar-refractivity contribution in [1.82, 2.24) is 0 Å². The van der Waals surface area contributed by atoms with Crippen molar-refractivity contribution in [3.8, 4) is 28.4 Å². The van der Waals surface area contributed by atoms with E-state index in [-0.39, 0.29) is 19.8 Å². The first-order valence-corrected chi connectivity index (χ1v) is 14.5. The van der Waals surface area contributed by atoms with Crippen LogP contribution in [0.1, 0.15) is 50.4 Å². The van der Waals surface area contributed by atoms with Gasteiger partial charge in [-0.2, -0.15) is 0 Å². The maximum atomic E-state index is 12.7. The van der Waals surface area contributed by atoms with Crippen molar-refractivity contribution in [3.63, 3.8) is 0 Å². The Balaban J connectivity index is 1.38. The number of aliphatic hydroxyl groups excluding tert-OH is 1. The van der Waals surface area contributed by atoms with Gasteiger partial charge in [0, 0.05) is 12.0 Å². The molecule has 0 heterocycles. The molecule has 0 aliphatic rings. The fourth-order valence-electron chi connectivity index (χ4n) is 3.67. The van der Waals surface area contributed by atoms with Crippen molar-refractivity contribution in [2.45, 2.75) is 40.0 Å². The van der Waals surface area contributed by atoms with Crippen LogP contribution in [0, 0.1) is 5.41 Å². The topological polar surface area (TPSA) is 118 Å². The zero-order valence-electron chi connectivity index (χ0n) is 25.5. The van der Waals surface area contributed by atoms with Gasteiger partial charge >= 0.3 is 17.9 Å². The van der Waals surface area contributed by atoms with Crippen LogP contribution >= 0.6 is 0 Å². The molecule has 0 radical (unpaired) electrons. The predicted molar refractivity (Wildman–Crippen MR) is 166 cm³/mol. The molecule has 3 aromatic rings. The second kappa shape index (κ2) is 16.9. The molecule has 0 saturated carbocycles. The van der Waals surface area contributed by atoms with Crippen LogP contribution in [0.5, 0.6) is 17.2 Å². The molecule has 0 amide bonds. The molecule has 0 aliphatic carbocycles. The number of carbonyl (C=O) groups is 3. The maximum absolute atomic E-state index is 12.7. The summed E-state index contributed by atoms with van der Waals surface area (Å²) < 4.78 is 27.1. The highest BCUT2D eigenvalue weighted by Gasteiger charge is 2.28. The summed E-state index contributed by atoms with van der Waals surface area (Å²) in [5, 5.41) is 9.20. The lowest BCUT2D eigenvalue weighted by Crippen LogP contribution is -2.30. The van der Waals surface area contributed by atoms with E-state index in [1.54, 1.807) is 57.2 Å². The van der Waals surface area contributed by atoms with Crippen molar-refractivity contribution in [1.29, 1.82) is 0 Å². The molecule has 9 nitrogen and oxygen atoms in total. The summed E-state index contributed by atoms with van der Waals surface area (Å²) >= 11 is 0. The zero-order valence-corrected chi connectivity index (χ0v) is 25.5. The highest BCUT2D eigenvalue weighted by atomic mass is 16.5. The van der Waals surface area contributed by atoms with Crippen LogP contribution in [0.15, 0.2) is 84.9 Å². The van der Waals surface area contributed by atoms with Gasteiger partial charge in [0.05, 0.1) is 44.0 Å². The van der Waals surface area contributed by atoms with Crippen molar-refractivity contribution >= 4 is 17.9 Å². The second-order valence-electron chi connectivity index (χ2n) is 10.8. The second-order valence-corrected chi connectivity index (χ2v) is 10.8. The molecular formula is C35H40O9. The Morgan fingerprint density at radius 3 is 1.73 bits per heavy atom. The highest BCUT2D eigenvalue weighted by molar-refractivity contribution is 5.91. The van der Waals surface area contributed by atoms with E-state index in [9.17, 15) is 19.5 Å². The van der Waals surface area contributed by atoms with E-state index in [1.807, 2.05) is 36.4 Å². The molecule has 1 N–H and O–H groups in total. The number of benzene rings is 3. The average Bonchev–Trinajstić information content (AvgIpc) is 3.03. The van der Waals surface area contributed by atoms with Crippen LogP contribution in [0.2, 0.25) is 0 Å². The first kappa shape index (κ1) is 33.9. The Morgan fingerprint density at radius 1 is 0.682 bits per heavy atom. The van der Waals surface area contributed by atoms with Gasteiger partial charge in [0.15, 0.2) is 0 Å². The van der Waals surface area contributed by atoms with Gasteiger partial charge in [-0.25, -0.2) is 9.59 Å². The largest absolute Gasteiger partial charge is 0.494 e. The third kappa shape index (κ3) is 10.9. The molecule has 0 spiro atoms. The van der Waals surface area contributed by atoms with Crippen LogP contribution in [0.3, 0.4) is 0 Å². The van der Waals surface area contributed by atoms with E-state index >= 15 is 0 Å². The smallest absolute Gasteiger partial charge is 0.343 e. The molecule has 0 bridgehead atoms. The third-order valence-electron chi connectivity index (χ3n) is 6.47. The summed E-state index contributed by atoms with van der Waals surface area (Å²) in [5.74, 6) is 0.442. The van der Waals surface area contributed by atoms with Crippen molar-refractivity contribution < 1.29 is 43.2 Å². The van der Waals surface area contributed by atoms with Gasteiger partial charge in [-0.15, -0.1) is 0 Å². The summed E-state index contributed by atoms with van der Waals surface area (Å²) in [6.45, 7) is 9.55. The summed E-state index contributed by atoms with van der Waals surface area (Å²) in [6, 6.07) is 21.5. The molecular weight excluding hydrogens is 564 g/mol. The van der Waals surface area contributed by atoms with Crippen molar-refractivity contribution in [2.75, 3.05) is 33.0 Å². The molecule has 9 heteroatoms. The fraction of sp³-hybridized carbons (Fsp3) is 0.343. The summed E-state index contributed by atoms with van der Waals surface area (Å²) in [7, 11) is 0. The maximum Gasteiger partial charge on any atom is 0.343 e. The Labute approximate surface area is 258 Å². The molecule has 3 rings (SSSR count). The van der Waals surface area contributed by atoms with Gasteiger partial charge in [-0.1, -0.05) is 30.8 Å². The normalized spacial score (nSPS) is 10.9. The van der Waals surface area contributed by atoms with E-state index in [1.165, 1.54) is 0 Å². The molecule has 44 heavy (non-hydrogen) atoms. The minimum absolute atomic E-state index is 0.263. The minimum Gasteiger partial charge on any atom is -0.494 e. The number of unbranched alkanes of at least 4 members (excludes halogenated alkanes) is 1. The quantitative estimate of drug-likeness (QED) is 0.0834. The number of aliphatic hydroxyl groups is 1. The Hall–Kier alpha value is -4.63. The molecule has 3 aromatic carbocycles. The number of ether oxygens (including phenoxy) is 5. The summed E-state index contributed by atoms with van der Waals surface area (Å²) in [4.78, 5) is 35.9. The van der Waals surface area contributed by atoms with E-state index in [2.05, 4.69) is 6.58 Å². The Morgan fingerprint density at radius 2 is 1.16 bits per heavy atom. The Kier molecular flexibility index (Phi) is 13.0. The van der Waals surface area contributed by atoms with Gasteiger partial charge in [0.25, 0.3) is 0 Å². The SMILES string of the molecule is C=C(C)C(=O)OCCCOc1ccc(-c2ccc(C(=O)Oc3ccc(OCCCCOC(=O)C(C)(C)CO)cc3)cc2)cc1. The van der Waals surface area contributed by atoms with Crippen LogP contribution < -0.4 is 14.2 Å². The van der Waals surface area contributed by atoms with Crippen LogP contribution in [-0.4, -0.2) is 56.0 Å². The van der Waals surface area contributed by atoms with Gasteiger partial charge in [-0.3, -0.25) is 4.79 Å². The van der Waals surface area contributed by atoms with Gasteiger partial charge in [0.2, 0.25) is 0 Å². The molecule has 0 aromatic heterocycles. The van der Waals surface area contributed by atoms with Crippen LogP contribution in [0.4, 0.5) is 0 Å². The number of hydrogen-bond acceptors (Lipinski definition) is 9. The molecule has 234 valence electrons. The molecule has 0 saturated heterocycles. The lowest BCUT2D eigenvalue weighted by molar-refractivity contribution is -0.156.